The smallest absolute Gasteiger partial charge is 0.241 e. The molecule has 1 fully saturated rings. The Morgan fingerprint density at radius 2 is 1.86 bits per heavy atom. The number of rotatable bonds is 5. The summed E-state index contributed by atoms with van der Waals surface area (Å²) >= 11 is 5.95. The number of fused-ring (bicyclic) bond motifs is 1. The van der Waals surface area contributed by atoms with Crippen molar-refractivity contribution in [3.63, 3.8) is 0 Å². The number of piperidine rings is 1. The zero-order valence-corrected chi connectivity index (χ0v) is 16.9. The van der Waals surface area contributed by atoms with Crippen molar-refractivity contribution in [2.24, 2.45) is 0 Å². The Bertz CT molecular complexity index is 1060. The molecule has 1 amide bonds. The highest BCUT2D eigenvalue weighted by molar-refractivity contribution is 6.30. The molecular formula is C22H24ClN4O2+. The van der Waals surface area contributed by atoms with Crippen molar-refractivity contribution in [2.75, 3.05) is 13.1 Å². The summed E-state index contributed by atoms with van der Waals surface area (Å²) in [6, 6.07) is 15.4. The van der Waals surface area contributed by atoms with E-state index < -0.39 is 0 Å². The Labute approximate surface area is 174 Å². The maximum absolute atomic E-state index is 12.5. The second-order valence-corrected chi connectivity index (χ2v) is 8.02. The lowest BCUT2D eigenvalue weighted by Crippen LogP contribution is -3.12. The van der Waals surface area contributed by atoms with Gasteiger partial charge in [-0.3, -0.25) is 14.3 Å². The van der Waals surface area contributed by atoms with Crippen LogP contribution in [-0.4, -0.2) is 34.8 Å². The molecule has 1 aliphatic heterocycles. The summed E-state index contributed by atoms with van der Waals surface area (Å²) in [5, 5.41) is 8.60. The van der Waals surface area contributed by atoms with E-state index in [1.54, 1.807) is 10.7 Å². The lowest BCUT2D eigenvalue weighted by molar-refractivity contribution is -0.918. The number of nitrogens with zero attached hydrogens (tertiary/aromatic N) is 2. The van der Waals surface area contributed by atoms with Crippen LogP contribution in [0.15, 0.2) is 59.5 Å². The van der Waals surface area contributed by atoms with Gasteiger partial charge in [0.2, 0.25) is 11.3 Å². The number of amides is 1. The molecule has 0 radical (unpaired) electrons. The van der Waals surface area contributed by atoms with E-state index in [1.807, 2.05) is 30.3 Å². The molecule has 4 rings (SSSR count). The molecule has 0 unspecified atom stereocenters. The van der Waals surface area contributed by atoms with E-state index in [1.165, 1.54) is 16.7 Å². The number of halogens is 1. The summed E-state index contributed by atoms with van der Waals surface area (Å²) in [6.07, 6.45) is 3.17. The predicted octanol–water partition coefficient (Wildman–Crippen LogP) is 1.41. The average Bonchev–Trinajstić information content (AvgIpc) is 2.73. The van der Waals surface area contributed by atoms with E-state index in [9.17, 15) is 9.59 Å². The Kier molecular flexibility index (Phi) is 5.92. The first-order valence-corrected chi connectivity index (χ1v) is 10.3. The number of benzene rings is 2. The molecule has 2 N–H and O–H groups in total. The van der Waals surface area contributed by atoms with Gasteiger partial charge in [-0.25, -0.2) is 0 Å². The van der Waals surface area contributed by atoms with Crippen molar-refractivity contribution in [1.29, 1.82) is 0 Å². The summed E-state index contributed by atoms with van der Waals surface area (Å²) in [5.41, 5.74) is 1.83. The number of quaternary nitrogens is 1. The van der Waals surface area contributed by atoms with Crippen molar-refractivity contribution in [3.05, 3.63) is 75.5 Å². The van der Waals surface area contributed by atoms with Crippen molar-refractivity contribution < 1.29 is 9.69 Å². The van der Waals surface area contributed by atoms with Gasteiger partial charge < -0.3 is 10.2 Å². The standard InChI is InChI=1S/C22H23ClN4O2/c23-17-7-5-16(6-8-17)14-26-11-9-18(10-12-26)25-22(29)15-27-20-4-2-1-3-19(20)21(28)13-24-27/h1-8,13,18H,9-12,14-15H2,(H,25,29)/p+1. The van der Waals surface area contributed by atoms with Gasteiger partial charge in [-0.15, -0.1) is 0 Å². The van der Waals surface area contributed by atoms with E-state index in [-0.39, 0.29) is 23.9 Å². The van der Waals surface area contributed by atoms with Gasteiger partial charge in [0.05, 0.1) is 24.8 Å². The van der Waals surface area contributed by atoms with Crippen LogP contribution >= 0.6 is 11.6 Å². The van der Waals surface area contributed by atoms with Crippen molar-refractivity contribution in [3.8, 4) is 0 Å². The predicted molar refractivity (Wildman–Crippen MR) is 113 cm³/mol. The fourth-order valence-electron chi connectivity index (χ4n) is 3.93. The van der Waals surface area contributed by atoms with Crippen molar-refractivity contribution in [2.45, 2.75) is 32.0 Å². The quantitative estimate of drug-likeness (QED) is 0.667. The monoisotopic (exact) mass is 411 g/mol. The molecule has 0 saturated carbocycles. The SMILES string of the molecule is O=C(Cn1ncc(=O)c2ccccc21)NC1CC[NH+](Cc2ccc(Cl)cc2)CC1. The maximum atomic E-state index is 12.5. The van der Waals surface area contributed by atoms with Crippen LogP contribution in [0, 0.1) is 0 Å². The van der Waals surface area contributed by atoms with Crippen LogP contribution in [0.1, 0.15) is 18.4 Å². The van der Waals surface area contributed by atoms with Gasteiger partial charge in [0.1, 0.15) is 13.1 Å². The van der Waals surface area contributed by atoms with Gasteiger partial charge >= 0.3 is 0 Å². The van der Waals surface area contributed by atoms with E-state index >= 15 is 0 Å². The third-order valence-corrected chi connectivity index (χ3v) is 5.73. The Morgan fingerprint density at radius 1 is 1.14 bits per heavy atom. The van der Waals surface area contributed by atoms with Gasteiger partial charge in [0.15, 0.2) is 0 Å². The molecule has 29 heavy (non-hydrogen) atoms. The first-order chi connectivity index (χ1) is 14.1. The number of hydrogen-bond donors (Lipinski definition) is 2. The molecule has 0 aliphatic carbocycles. The minimum atomic E-state index is -0.131. The Balaban J connectivity index is 1.31. The molecule has 1 aromatic heterocycles. The molecule has 0 bridgehead atoms. The highest BCUT2D eigenvalue weighted by Gasteiger charge is 2.23. The molecule has 2 heterocycles. The maximum Gasteiger partial charge on any atom is 0.241 e. The number of nitrogens with one attached hydrogen (secondary N) is 2. The summed E-state index contributed by atoms with van der Waals surface area (Å²) in [7, 11) is 0. The summed E-state index contributed by atoms with van der Waals surface area (Å²) in [4.78, 5) is 26.0. The van der Waals surface area contributed by atoms with Crippen molar-refractivity contribution >= 4 is 28.4 Å². The molecule has 1 aliphatic rings. The molecule has 1 saturated heterocycles. The van der Waals surface area contributed by atoms with Crippen LogP contribution in [0.3, 0.4) is 0 Å². The van der Waals surface area contributed by atoms with Gasteiger partial charge in [0.25, 0.3) is 0 Å². The normalized spacial score (nSPS) is 19.2. The average molecular weight is 412 g/mol. The Hall–Kier alpha value is -2.70. The lowest BCUT2D eigenvalue weighted by atomic mass is 10.0. The number of likely N-dealkylation sites (tertiary alicyclic amines) is 1. The Morgan fingerprint density at radius 3 is 2.62 bits per heavy atom. The van der Waals surface area contributed by atoms with Gasteiger partial charge in [-0.1, -0.05) is 35.9 Å². The first-order valence-electron chi connectivity index (χ1n) is 9.91. The highest BCUT2D eigenvalue weighted by Crippen LogP contribution is 2.10. The molecule has 0 atom stereocenters. The molecule has 7 heteroatoms. The number of para-hydroxylation sites is 1. The molecular weight excluding hydrogens is 388 g/mol. The molecule has 0 spiro atoms. The van der Waals surface area contributed by atoms with Gasteiger partial charge in [-0.05, 0) is 24.3 Å². The second kappa shape index (κ2) is 8.76. The minimum absolute atomic E-state index is 0.0718. The van der Waals surface area contributed by atoms with E-state index in [0.29, 0.717) is 10.9 Å². The van der Waals surface area contributed by atoms with Crippen LogP contribution < -0.4 is 15.6 Å². The zero-order valence-electron chi connectivity index (χ0n) is 16.1. The van der Waals surface area contributed by atoms with Crippen LogP contribution in [0.25, 0.3) is 10.9 Å². The van der Waals surface area contributed by atoms with Crippen LogP contribution in [0.4, 0.5) is 0 Å². The molecule has 3 aromatic rings. The largest absolute Gasteiger partial charge is 0.351 e. The minimum Gasteiger partial charge on any atom is -0.351 e. The molecule has 6 nitrogen and oxygen atoms in total. The molecule has 2 aromatic carbocycles. The van der Waals surface area contributed by atoms with E-state index in [2.05, 4.69) is 22.5 Å². The van der Waals surface area contributed by atoms with E-state index in [0.717, 1.165) is 37.5 Å². The zero-order chi connectivity index (χ0) is 20.2. The number of carbonyl (C=O) groups excluding carboxylic acids is 1. The van der Waals surface area contributed by atoms with Crippen LogP contribution in [-0.2, 0) is 17.9 Å². The van der Waals surface area contributed by atoms with E-state index in [4.69, 9.17) is 11.6 Å². The highest BCUT2D eigenvalue weighted by atomic mass is 35.5. The summed E-state index contributed by atoms with van der Waals surface area (Å²) in [6.45, 7) is 3.13. The fraction of sp³-hybridized carbons (Fsp3) is 0.318. The van der Waals surface area contributed by atoms with Crippen LogP contribution in [0.2, 0.25) is 5.02 Å². The number of hydrogen-bond acceptors (Lipinski definition) is 3. The number of carbonyl (C=O) groups is 1. The molecule has 150 valence electrons. The van der Waals surface area contributed by atoms with Crippen molar-refractivity contribution in [1.82, 2.24) is 15.1 Å². The van der Waals surface area contributed by atoms with Crippen LogP contribution in [0.5, 0.6) is 0 Å². The second-order valence-electron chi connectivity index (χ2n) is 7.58. The first kappa shape index (κ1) is 19.6. The third-order valence-electron chi connectivity index (χ3n) is 5.48. The number of aromatic nitrogens is 2. The lowest BCUT2D eigenvalue weighted by Gasteiger charge is -2.30. The topological polar surface area (TPSA) is 68.4 Å². The summed E-state index contributed by atoms with van der Waals surface area (Å²) < 4.78 is 1.59. The van der Waals surface area contributed by atoms with Gasteiger partial charge in [0, 0.05) is 34.9 Å². The van der Waals surface area contributed by atoms with Gasteiger partial charge in [-0.2, -0.15) is 5.10 Å². The third kappa shape index (κ3) is 4.83. The summed E-state index contributed by atoms with van der Waals surface area (Å²) in [5.74, 6) is -0.0718. The fourth-order valence-corrected chi connectivity index (χ4v) is 4.06.